The van der Waals surface area contributed by atoms with Gasteiger partial charge in [-0.1, -0.05) is 0 Å². The first-order valence-electron chi connectivity index (χ1n) is 3.75. The molecular weight excluding hydrogens is 130 g/mol. The van der Waals surface area contributed by atoms with Crippen molar-refractivity contribution < 1.29 is 9.90 Å². The van der Waals surface area contributed by atoms with Crippen molar-refractivity contribution in [1.29, 1.82) is 0 Å². The first kappa shape index (κ1) is 6.16. The average molecular weight is 141 g/mol. The van der Waals surface area contributed by atoms with Gasteiger partial charge in [0.15, 0.2) is 0 Å². The number of hydrogen-bond acceptors (Lipinski definition) is 2. The molecule has 0 aromatic rings. The van der Waals surface area contributed by atoms with E-state index in [0.29, 0.717) is 19.0 Å². The fourth-order valence-electron chi connectivity index (χ4n) is 1.45. The summed E-state index contributed by atoms with van der Waals surface area (Å²) in [5.74, 6) is 0.134. The highest BCUT2D eigenvalue weighted by Crippen LogP contribution is 2.30. The van der Waals surface area contributed by atoms with Crippen LogP contribution in [0.2, 0.25) is 0 Å². The Morgan fingerprint density at radius 1 is 1.50 bits per heavy atom. The van der Waals surface area contributed by atoms with E-state index >= 15 is 0 Å². The van der Waals surface area contributed by atoms with Gasteiger partial charge in [-0.15, -0.1) is 0 Å². The van der Waals surface area contributed by atoms with Gasteiger partial charge in [0, 0.05) is 12.6 Å². The van der Waals surface area contributed by atoms with Crippen LogP contribution in [0.3, 0.4) is 0 Å². The van der Waals surface area contributed by atoms with E-state index in [0.717, 1.165) is 12.8 Å². The molecule has 0 aromatic carbocycles. The Hall–Kier alpha value is -0.570. The number of likely N-dealkylation sites (tertiary alicyclic amines) is 1. The summed E-state index contributed by atoms with van der Waals surface area (Å²) in [5, 5.41) is 9.08. The van der Waals surface area contributed by atoms with Crippen LogP contribution in [0, 0.1) is 0 Å². The minimum Gasteiger partial charge on any atom is -0.391 e. The van der Waals surface area contributed by atoms with Crippen LogP contribution >= 0.6 is 0 Å². The molecule has 2 fully saturated rings. The smallest absolute Gasteiger partial charge is 0.225 e. The third-order valence-corrected chi connectivity index (χ3v) is 2.13. The van der Waals surface area contributed by atoms with Crippen LogP contribution in [-0.2, 0) is 4.79 Å². The van der Waals surface area contributed by atoms with E-state index in [9.17, 15) is 4.79 Å². The van der Waals surface area contributed by atoms with Gasteiger partial charge in [0.05, 0.1) is 12.5 Å². The van der Waals surface area contributed by atoms with Gasteiger partial charge in [0.25, 0.3) is 0 Å². The van der Waals surface area contributed by atoms with E-state index in [1.807, 2.05) is 4.90 Å². The molecular formula is C7H11NO2. The second-order valence-corrected chi connectivity index (χ2v) is 3.14. The topological polar surface area (TPSA) is 40.5 Å². The van der Waals surface area contributed by atoms with Gasteiger partial charge in [-0.25, -0.2) is 0 Å². The lowest BCUT2D eigenvalue weighted by molar-refractivity contribution is -0.128. The quantitative estimate of drug-likeness (QED) is 0.546. The van der Waals surface area contributed by atoms with E-state index in [1.165, 1.54) is 0 Å². The summed E-state index contributed by atoms with van der Waals surface area (Å²) in [7, 11) is 0. The maximum atomic E-state index is 11.0. The number of nitrogens with zero attached hydrogens (tertiary/aromatic N) is 1. The normalized spacial score (nSPS) is 33.5. The van der Waals surface area contributed by atoms with Gasteiger partial charge in [-0.2, -0.15) is 0 Å². The van der Waals surface area contributed by atoms with Crippen molar-refractivity contribution >= 4 is 5.91 Å². The zero-order valence-electron chi connectivity index (χ0n) is 5.79. The van der Waals surface area contributed by atoms with Crippen molar-refractivity contribution in [3.8, 4) is 0 Å². The number of carbonyl (C=O) groups is 1. The van der Waals surface area contributed by atoms with Crippen molar-refractivity contribution in [1.82, 2.24) is 4.90 Å². The molecule has 0 radical (unpaired) electrons. The second-order valence-electron chi connectivity index (χ2n) is 3.14. The van der Waals surface area contributed by atoms with E-state index < -0.39 is 6.10 Å². The fourth-order valence-corrected chi connectivity index (χ4v) is 1.45. The molecule has 2 aliphatic rings. The fraction of sp³-hybridized carbons (Fsp3) is 0.857. The number of rotatable bonds is 1. The third kappa shape index (κ3) is 0.904. The van der Waals surface area contributed by atoms with Crippen LogP contribution in [0.15, 0.2) is 0 Å². The van der Waals surface area contributed by atoms with E-state index in [1.54, 1.807) is 0 Å². The molecule has 0 spiro atoms. The minimum atomic E-state index is -0.395. The summed E-state index contributed by atoms with van der Waals surface area (Å²) in [6.45, 7) is 0.573. The van der Waals surface area contributed by atoms with Crippen LogP contribution in [0.5, 0.6) is 0 Å². The summed E-state index contributed by atoms with van der Waals surface area (Å²) in [6.07, 6.45) is 2.22. The Labute approximate surface area is 59.6 Å². The Morgan fingerprint density at radius 3 is 2.60 bits per heavy atom. The largest absolute Gasteiger partial charge is 0.391 e. The lowest BCUT2D eigenvalue weighted by Gasteiger charge is -2.13. The molecule has 1 saturated heterocycles. The van der Waals surface area contributed by atoms with Crippen LogP contribution in [0.25, 0.3) is 0 Å². The number of hydrogen-bond donors (Lipinski definition) is 1. The average Bonchev–Trinajstić information content (AvgIpc) is 2.61. The van der Waals surface area contributed by atoms with E-state index in [4.69, 9.17) is 5.11 Å². The zero-order chi connectivity index (χ0) is 7.14. The molecule has 1 heterocycles. The van der Waals surface area contributed by atoms with Gasteiger partial charge in [0.2, 0.25) is 5.91 Å². The maximum absolute atomic E-state index is 11.0. The molecule has 10 heavy (non-hydrogen) atoms. The van der Waals surface area contributed by atoms with Crippen LogP contribution in [0.4, 0.5) is 0 Å². The number of amides is 1. The first-order chi connectivity index (χ1) is 4.77. The molecule has 1 aliphatic heterocycles. The molecule has 3 heteroatoms. The number of aliphatic hydroxyl groups excluding tert-OH is 1. The predicted octanol–water partition coefficient (Wildman–Crippen LogP) is -0.258. The second kappa shape index (κ2) is 1.95. The predicted molar refractivity (Wildman–Crippen MR) is 35.4 cm³/mol. The monoisotopic (exact) mass is 141 g/mol. The number of aliphatic hydroxyl groups is 1. The SMILES string of the molecule is O=C1C[C@H](O)CN1C1CC1. The van der Waals surface area contributed by atoms with Crippen molar-refractivity contribution in [2.75, 3.05) is 6.54 Å². The highest BCUT2D eigenvalue weighted by Gasteiger charge is 2.38. The highest BCUT2D eigenvalue weighted by atomic mass is 16.3. The summed E-state index contributed by atoms with van der Waals surface area (Å²) in [6, 6.07) is 0.477. The summed E-state index contributed by atoms with van der Waals surface area (Å²) in [4.78, 5) is 12.8. The van der Waals surface area contributed by atoms with Gasteiger partial charge >= 0.3 is 0 Å². The Bertz CT molecular complexity index is 165. The Balaban J connectivity index is 2.01. The van der Waals surface area contributed by atoms with Crippen LogP contribution in [-0.4, -0.2) is 34.6 Å². The standard InChI is InChI=1S/C7H11NO2/c9-6-3-7(10)8(4-6)5-1-2-5/h5-6,9H,1-4H2/t6-/m0/s1. The molecule has 1 N–H and O–H groups in total. The first-order valence-corrected chi connectivity index (χ1v) is 3.75. The summed E-state index contributed by atoms with van der Waals surface area (Å²) >= 11 is 0. The maximum Gasteiger partial charge on any atom is 0.225 e. The molecule has 2 rings (SSSR count). The molecule has 1 saturated carbocycles. The zero-order valence-corrected chi connectivity index (χ0v) is 5.79. The molecule has 1 aliphatic carbocycles. The highest BCUT2D eigenvalue weighted by molar-refractivity contribution is 5.79. The minimum absolute atomic E-state index is 0.134. The van der Waals surface area contributed by atoms with Gasteiger partial charge < -0.3 is 10.0 Å². The van der Waals surface area contributed by atoms with Crippen LogP contribution in [0.1, 0.15) is 19.3 Å². The van der Waals surface area contributed by atoms with Crippen molar-refractivity contribution in [2.24, 2.45) is 0 Å². The van der Waals surface area contributed by atoms with Crippen molar-refractivity contribution in [3.05, 3.63) is 0 Å². The molecule has 0 aromatic heterocycles. The summed E-state index contributed by atoms with van der Waals surface area (Å²) in [5.41, 5.74) is 0. The molecule has 3 nitrogen and oxygen atoms in total. The van der Waals surface area contributed by atoms with E-state index in [2.05, 4.69) is 0 Å². The van der Waals surface area contributed by atoms with Crippen molar-refractivity contribution in [2.45, 2.75) is 31.4 Å². The lowest BCUT2D eigenvalue weighted by atomic mass is 10.3. The number of carbonyl (C=O) groups excluding carboxylic acids is 1. The molecule has 0 unspecified atom stereocenters. The Morgan fingerprint density at radius 2 is 2.20 bits per heavy atom. The molecule has 0 bridgehead atoms. The van der Waals surface area contributed by atoms with Crippen LogP contribution < -0.4 is 0 Å². The van der Waals surface area contributed by atoms with E-state index in [-0.39, 0.29) is 5.91 Å². The molecule has 1 amide bonds. The van der Waals surface area contributed by atoms with Crippen molar-refractivity contribution in [3.63, 3.8) is 0 Å². The number of β-amino-alcohol motifs (C(OH)–C–C–N with tert-alkyl or cyclic N) is 1. The Kier molecular flexibility index (Phi) is 1.20. The third-order valence-electron chi connectivity index (χ3n) is 2.13. The van der Waals surface area contributed by atoms with Gasteiger partial charge in [-0.05, 0) is 12.8 Å². The molecule has 56 valence electrons. The summed E-state index contributed by atoms with van der Waals surface area (Å²) < 4.78 is 0. The van der Waals surface area contributed by atoms with Gasteiger partial charge in [-0.3, -0.25) is 4.79 Å². The lowest BCUT2D eigenvalue weighted by Crippen LogP contribution is -2.27. The molecule has 1 atom stereocenters. The van der Waals surface area contributed by atoms with Gasteiger partial charge in [0.1, 0.15) is 0 Å².